The van der Waals surface area contributed by atoms with Crippen molar-refractivity contribution in [1.29, 1.82) is 0 Å². The third kappa shape index (κ3) is 2.15. The number of ether oxygens (including phenoxy) is 1. The summed E-state index contributed by atoms with van der Waals surface area (Å²) in [7, 11) is 1.33. The molecule has 1 saturated carbocycles. The maximum absolute atomic E-state index is 11.8. The van der Waals surface area contributed by atoms with E-state index < -0.39 is 18.2 Å². The first-order valence-corrected chi connectivity index (χ1v) is 7.46. The number of esters is 1. The van der Waals surface area contributed by atoms with Crippen LogP contribution in [0.5, 0.6) is 0 Å². The molecule has 4 N–H and O–H groups in total. The summed E-state index contributed by atoms with van der Waals surface area (Å²) >= 11 is 1.29. The van der Waals surface area contributed by atoms with Gasteiger partial charge in [-0.3, -0.25) is 0 Å². The zero-order valence-electron chi connectivity index (χ0n) is 11.2. The molecule has 1 saturated heterocycles. The Hall–Kier alpha value is -1.31. The topological polar surface area (TPSA) is 96.0 Å². The third-order valence-electron chi connectivity index (χ3n) is 3.87. The molecule has 3 rings (SSSR count). The molecule has 2 atom stereocenters. The van der Waals surface area contributed by atoms with E-state index in [1.165, 1.54) is 18.4 Å². The van der Waals surface area contributed by atoms with E-state index in [1.54, 1.807) is 0 Å². The van der Waals surface area contributed by atoms with Gasteiger partial charge in [-0.15, -0.1) is 11.3 Å². The van der Waals surface area contributed by atoms with Crippen LogP contribution >= 0.6 is 11.3 Å². The molecule has 0 aromatic carbocycles. The number of nitrogens with two attached hydrogens (primary N) is 1. The molecule has 1 aromatic rings. The molecule has 6 nitrogen and oxygen atoms in total. The van der Waals surface area contributed by atoms with Gasteiger partial charge >= 0.3 is 5.97 Å². The van der Waals surface area contributed by atoms with Gasteiger partial charge in [-0.2, -0.15) is 0 Å². The fraction of sp³-hybridized carbons (Fsp3) is 0.615. The van der Waals surface area contributed by atoms with Crippen molar-refractivity contribution < 1.29 is 19.7 Å². The lowest BCUT2D eigenvalue weighted by Crippen LogP contribution is -2.22. The van der Waals surface area contributed by atoms with Crippen LogP contribution in [-0.2, 0) is 4.74 Å². The van der Waals surface area contributed by atoms with Gasteiger partial charge in [0.15, 0.2) is 0 Å². The highest BCUT2D eigenvalue weighted by atomic mass is 32.1. The molecule has 0 spiro atoms. The van der Waals surface area contributed by atoms with Crippen molar-refractivity contribution >= 4 is 28.0 Å². The summed E-state index contributed by atoms with van der Waals surface area (Å²) < 4.78 is 4.76. The number of anilines is 2. The summed E-state index contributed by atoms with van der Waals surface area (Å²) in [6, 6.07) is 0. The Bertz CT molecular complexity index is 531. The van der Waals surface area contributed by atoms with Crippen LogP contribution in [0.4, 0.5) is 10.7 Å². The van der Waals surface area contributed by atoms with Crippen LogP contribution in [0.1, 0.15) is 34.0 Å². The number of hydrogen-bond donors (Lipinski definition) is 3. The number of carbonyl (C=O) groups is 1. The molecule has 0 radical (unpaired) electrons. The largest absolute Gasteiger partial charge is 0.465 e. The molecule has 2 fully saturated rings. The van der Waals surface area contributed by atoms with Crippen LogP contribution in [0, 0.1) is 0 Å². The Morgan fingerprint density at radius 1 is 1.35 bits per heavy atom. The zero-order chi connectivity index (χ0) is 14.4. The molecular formula is C13H18N2O4S. The first kappa shape index (κ1) is 13.7. The number of rotatable bonds is 3. The predicted octanol–water partition coefficient (Wildman–Crippen LogP) is 0.536. The van der Waals surface area contributed by atoms with Crippen molar-refractivity contribution in [2.45, 2.75) is 31.0 Å². The minimum atomic E-state index is -0.757. The predicted molar refractivity (Wildman–Crippen MR) is 76.3 cm³/mol. The summed E-state index contributed by atoms with van der Waals surface area (Å²) in [6.45, 7) is 0.725. The fourth-order valence-corrected chi connectivity index (χ4v) is 3.87. The quantitative estimate of drug-likeness (QED) is 0.705. The summed E-state index contributed by atoms with van der Waals surface area (Å²) in [4.78, 5) is 14.1. The SMILES string of the molecule is COC(=O)c1sc(N2CC(O)C(O)C2)c(C2CC2)c1N. The number of methoxy groups -OCH3 is 1. The van der Waals surface area contributed by atoms with Crippen molar-refractivity contribution in [1.82, 2.24) is 0 Å². The molecule has 20 heavy (non-hydrogen) atoms. The Morgan fingerprint density at radius 2 is 1.95 bits per heavy atom. The van der Waals surface area contributed by atoms with Crippen molar-refractivity contribution in [3.8, 4) is 0 Å². The van der Waals surface area contributed by atoms with Gasteiger partial charge < -0.3 is 25.6 Å². The maximum Gasteiger partial charge on any atom is 0.350 e. The molecule has 0 amide bonds. The fourth-order valence-electron chi connectivity index (χ4n) is 2.63. The highest BCUT2D eigenvalue weighted by Crippen LogP contribution is 2.52. The van der Waals surface area contributed by atoms with Crippen LogP contribution < -0.4 is 10.6 Å². The second-order valence-electron chi connectivity index (χ2n) is 5.37. The second kappa shape index (κ2) is 4.91. The van der Waals surface area contributed by atoms with Gasteiger partial charge in [0.25, 0.3) is 0 Å². The lowest BCUT2D eigenvalue weighted by atomic mass is 10.1. The van der Waals surface area contributed by atoms with Crippen LogP contribution in [0.3, 0.4) is 0 Å². The van der Waals surface area contributed by atoms with Gasteiger partial charge in [-0.05, 0) is 18.8 Å². The minimum Gasteiger partial charge on any atom is -0.465 e. The molecule has 7 heteroatoms. The van der Waals surface area contributed by atoms with E-state index in [0.717, 1.165) is 23.4 Å². The molecule has 0 bridgehead atoms. The van der Waals surface area contributed by atoms with Crippen LogP contribution in [-0.4, -0.2) is 48.6 Å². The van der Waals surface area contributed by atoms with E-state index in [4.69, 9.17) is 10.5 Å². The van der Waals surface area contributed by atoms with Gasteiger partial charge in [-0.25, -0.2) is 4.79 Å². The maximum atomic E-state index is 11.8. The van der Waals surface area contributed by atoms with Gasteiger partial charge in [0.1, 0.15) is 4.88 Å². The minimum absolute atomic E-state index is 0.363. The van der Waals surface area contributed by atoms with Crippen molar-refractivity contribution in [2.24, 2.45) is 0 Å². The van der Waals surface area contributed by atoms with Crippen LogP contribution in [0.25, 0.3) is 0 Å². The Morgan fingerprint density at radius 3 is 2.45 bits per heavy atom. The zero-order valence-corrected chi connectivity index (χ0v) is 12.0. The van der Waals surface area contributed by atoms with Crippen molar-refractivity contribution in [2.75, 3.05) is 30.8 Å². The first-order chi connectivity index (χ1) is 9.52. The van der Waals surface area contributed by atoms with E-state index in [9.17, 15) is 15.0 Å². The number of β-amino-alcohol motifs (C(OH)–C–C–N with tert-alkyl or cyclic N) is 2. The normalized spacial score (nSPS) is 26.1. The molecule has 1 aliphatic carbocycles. The highest BCUT2D eigenvalue weighted by molar-refractivity contribution is 7.18. The van der Waals surface area contributed by atoms with E-state index in [2.05, 4.69) is 0 Å². The standard InChI is InChI=1S/C13H18N2O4S/c1-19-13(18)11-10(14)9(6-2-3-6)12(20-11)15-4-7(16)8(17)5-15/h6-8,16-17H,2-5,14H2,1H3. The summed E-state index contributed by atoms with van der Waals surface area (Å²) in [6.07, 6.45) is 0.611. The summed E-state index contributed by atoms with van der Waals surface area (Å²) in [5, 5.41) is 20.3. The smallest absolute Gasteiger partial charge is 0.350 e. The Kier molecular flexibility index (Phi) is 3.35. The number of nitrogen functional groups attached to an aromatic ring is 1. The number of thiophene rings is 1. The Balaban J connectivity index is 1.99. The number of aliphatic hydroxyl groups excluding tert-OH is 2. The third-order valence-corrected chi connectivity index (χ3v) is 5.13. The van der Waals surface area contributed by atoms with Crippen molar-refractivity contribution in [3.05, 3.63) is 10.4 Å². The van der Waals surface area contributed by atoms with Gasteiger partial charge in [0.2, 0.25) is 0 Å². The lowest BCUT2D eigenvalue weighted by Gasteiger charge is -2.17. The monoisotopic (exact) mass is 298 g/mol. The van der Waals surface area contributed by atoms with E-state index >= 15 is 0 Å². The van der Waals surface area contributed by atoms with E-state index in [0.29, 0.717) is 29.6 Å². The van der Waals surface area contributed by atoms with E-state index in [-0.39, 0.29) is 0 Å². The molecule has 1 aliphatic heterocycles. The molecule has 1 aromatic heterocycles. The number of hydrogen-bond acceptors (Lipinski definition) is 7. The molecule has 2 aliphatic rings. The second-order valence-corrected chi connectivity index (χ2v) is 6.37. The van der Waals surface area contributed by atoms with Gasteiger partial charge in [0.05, 0.1) is 30.0 Å². The molecule has 110 valence electrons. The average Bonchev–Trinajstić information content (AvgIpc) is 3.12. The summed E-state index contributed by atoms with van der Waals surface area (Å²) in [5.74, 6) is -0.0458. The number of carbonyl (C=O) groups excluding carboxylic acids is 1. The van der Waals surface area contributed by atoms with Crippen LogP contribution in [0.2, 0.25) is 0 Å². The molecule has 2 unspecified atom stereocenters. The number of nitrogens with zero attached hydrogens (tertiary/aromatic N) is 1. The summed E-state index contributed by atoms with van der Waals surface area (Å²) in [5.41, 5.74) is 7.60. The van der Waals surface area contributed by atoms with Crippen LogP contribution in [0.15, 0.2) is 0 Å². The molecule has 2 heterocycles. The first-order valence-electron chi connectivity index (χ1n) is 6.64. The lowest BCUT2D eigenvalue weighted by molar-refractivity contribution is 0.0572. The van der Waals surface area contributed by atoms with Gasteiger partial charge in [-0.1, -0.05) is 0 Å². The molecular weight excluding hydrogens is 280 g/mol. The van der Waals surface area contributed by atoms with E-state index in [1.807, 2.05) is 4.90 Å². The van der Waals surface area contributed by atoms with Gasteiger partial charge in [0, 0.05) is 18.7 Å². The average molecular weight is 298 g/mol. The Labute approximate surface area is 120 Å². The van der Waals surface area contributed by atoms with Crippen molar-refractivity contribution in [3.63, 3.8) is 0 Å². The number of aliphatic hydroxyl groups is 2. The highest BCUT2D eigenvalue weighted by Gasteiger charge is 2.38.